The summed E-state index contributed by atoms with van der Waals surface area (Å²) in [5, 5.41) is 6.82. The van der Waals surface area contributed by atoms with E-state index in [0.29, 0.717) is 16.2 Å². The van der Waals surface area contributed by atoms with Crippen LogP contribution in [0.25, 0.3) is 49.3 Å². The molecule has 0 saturated heterocycles. The van der Waals surface area contributed by atoms with Gasteiger partial charge in [0.1, 0.15) is 5.56 Å². The van der Waals surface area contributed by atoms with E-state index >= 15 is 0 Å². The first-order chi connectivity index (χ1) is 18.8. The summed E-state index contributed by atoms with van der Waals surface area (Å²) in [5.41, 5.74) is 5.51. The second-order valence-corrected chi connectivity index (χ2v) is 9.58. The Hall–Kier alpha value is -5.04. The van der Waals surface area contributed by atoms with Gasteiger partial charge in [-0.1, -0.05) is 77.9 Å². The molecule has 192 valence electrons. The number of carbonyl (C=O) groups is 2. The Morgan fingerprint density at radius 2 is 1.28 bits per heavy atom. The number of hydrogen-bond acceptors (Lipinski definition) is 6. The Bertz CT molecular complexity index is 1970. The van der Waals surface area contributed by atoms with Crippen molar-refractivity contribution in [3.63, 3.8) is 0 Å². The third kappa shape index (κ3) is 3.66. The number of hydrogen-bond donors (Lipinski definition) is 0. The number of aryl methyl sites for hydroxylation is 2. The van der Waals surface area contributed by atoms with Crippen LogP contribution in [0.1, 0.15) is 32.0 Å². The summed E-state index contributed by atoms with van der Waals surface area (Å²) in [6.45, 7) is 4.07. The molecule has 2 aromatic heterocycles. The molecule has 0 aliphatic carbocycles. The topological polar surface area (TPSA) is 87.0 Å². The van der Waals surface area contributed by atoms with Gasteiger partial charge < -0.3 is 9.47 Å². The van der Waals surface area contributed by atoms with E-state index in [1.807, 2.05) is 68.4 Å². The standard InChI is InChI=1S/C32H24N2O5/c1-17-7-5-9-19(15-17)21-11-13-23-26-24(14-12-22(25(21)26)20-10-6-8-18(2)16-20)30(35)34-29(23)27(31(36)38-3)28(33-34)32(37)39-4/h5-16H,1-4H3. The first kappa shape index (κ1) is 24.3. The molecule has 0 N–H and O–H groups in total. The Labute approximate surface area is 223 Å². The van der Waals surface area contributed by atoms with Crippen molar-refractivity contribution in [3.05, 3.63) is 106 Å². The fourth-order valence-electron chi connectivity index (χ4n) is 5.44. The molecule has 0 spiro atoms. The summed E-state index contributed by atoms with van der Waals surface area (Å²) in [4.78, 5) is 39.5. The summed E-state index contributed by atoms with van der Waals surface area (Å²) in [5.74, 6) is -1.61. The Kier molecular flexibility index (Phi) is 5.65. The highest BCUT2D eigenvalue weighted by Crippen LogP contribution is 2.42. The van der Waals surface area contributed by atoms with Gasteiger partial charge in [0.2, 0.25) is 0 Å². The first-order valence-electron chi connectivity index (χ1n) is 12.4. The molecule has 0 bridgehead atoms. The van der Waals surface area contributed by atoms with E-state index in [1.165, 1.54) is 14.2 Å². The summed E-state index contributed by atoms with van der Waals surface area (Å²) >= 11 is 0. The van der Waals surface area contributed by atoms with E-state index in [1.54, 1.807) is 6.07 Å². The van der Waals surface area contributed by atoms with E-state index < -0.39 is 17.5 Å². The van der Waals surface area contributed by atoms with Crippen LogP contribution in [-0.2, 0) is 9.47 Å². The predicted molar refractivity (Wildman–Crippen MR) is 151 cm³/mol. The zero-order valence-electron chi connectivity index (χ0n) is 21.9. The molecular formula is C32H24N2O5. The Balaban J connectivity index is 1.87. The lowest BCUT2D eigenvalue weighted by molar-refractivity contribution is 0.0553. The Morgan fingerprint density at radius 1 is 0.718 bits per heavy atom. The molecule has 2 heterocycles. The molecule has 6 aromatic rings. The fourth-order valence-corrected chi connectivity index (χ4v) is 5.44. The van der Waals surface area contributed by atoms with Crippen LogP contribution in [0.4, 0.5) is 0 Å². The third-order valence-corrected chi connectivity index (χ3v) is 7.15. The maximum Gasteiger partial charge on any atom is 0.359 e. The maximum atomic E-state index is 13.9. The summed E-state index contributed by atoms with van der Waals surface area (Å²) in [6.07, 6.45) is 0. The molecule has 39 heavy (non-hydrogen) atoms. The molecule has 0 radical (unpaired) electrons. The zero-order chi connectivity index (χ0) is 27.4. The van der Waals surface area contributed by atoms with Crippen molar-refractivity contribution in [2.45, 2.75) is 13.8 Å². The molecule has 0 amide bonds. The molecular weight excluding hydrogens is 492 g/mol. The van der Waals surface area contributed by atoms with Crippen LogP contribution in [0.15, 0.2) is 77.6 Å². The lowest BCUT2D eigenvalue weighted by atomic mass is 9.87. The molecule has 0 unspecified atom stereocenters. The van der Waals surface area contributed by atoms with Gasteiger partial charge >= 0.3 is 11.9 Å². The van der Waals surface area contributed by atoms with Gasteiger partial charge in [-0.15, -0.1) is 0 Å². The summed E-state index contributed by atoms with van der Waals surface area (Å²) in [7, 11) is 2.42. The number of carbonyl (C=O) groups excluding carboxylic acids is 2. The van der Waals surface area contributed by atoms with E-state index in [-0.39, 0.29) is 16.8 Å². The number of benzene rings is 4. The van der Waals surface area contributed by atoms with Crippen molar-refractivity contribution >= 4 is 39.0 Å². The molecule has 0 fully saturated rings. The van der Waals surface area contributed by atoms with Crippen LogP contribution < -0.4 is 5.56 Å². The van der Waals surface area contributed by atoms with Crippen LogP contribution >= 0.6 is 0 Å². The summed E-state index contributed by atoms with van der Waals surface area (Å²) in [6, 6.07) is 24.0. The van der Waals surface area contributed by atoms with Crippen molar-refractivity contribution < 1.29 is 19.1 Å². The van der Waals surface area contributed by atoms with E-state index in [0.717, 1.165) is 43.3 Å². The highest BCUT2D eigenvalue weighted by atomic mass is 16.5. The van der Waals surface area contributed by atoms with E-state index in [9.17, 15) is 14.4 Å². The van der Waals surface area contributed by atoms with Gasteiger partial charge in [0, 0.05) is 10.8 Å². The lowest BCUT2D eigenvalue weighted by Gasteiger charge is -2.17. The minimum Gasteiger partial charge on any atom is -0.465 e. The second kappa shape index (κ2) is 9.06. The van der Waals surface area contributed by atoms with Crippen molar-refractivity contribution in [1.82, 2.24) is 9.61 Å². The quantitative estimate of drug-likeness (QED) is 0.269. The highest BCUT2D eigenvalue weighted by molar-refractivity contribution is 6.25. The first-order valence-corrected chi connectivity index (χ1v) is 12.4. The number of esters is 2. The largest absolute Gasteiger partial charge is 0.465 e. The lowest BCUT2D eigenvalue weighted by Crippen LogP contribution is -2.15. The normalized spacial score (nSPS) is 11.4. The molecule has 4 aromatic carbocycles. The molecule has 7 nitrogen and oxygen atoms in total. The van der Waals surface area contributed by atoms with Crippen molar-refractivity contribution in [2.75, 3.05) is 14.2 Å². The SMILES string of the molecule is COC(=O)c1nn2c(=O)c3ccc(-c4cccc(C)c4)c4c(-c5cccc(C)c5)ccc(c43)c2c1C(=O)OC. The molecule has 0 saturated carbocycles. The molecule has 0 aliphatic rings. The van der Waals surface area contributed by atoms with Gasteiger partial charge in [0.05, 0.1) is 25.1 Å². The minimum absolute atomic E-state index is 0.103. The Morgan fingerprint density at radius 3 is 1.82 bits per heavy atom. The third-order valence-electron chi connectivity index (χ3n) is 7.15. The number of methoxy groups -OCH3 is 2. The zero-order valence-corrected chi connectivity index (χ0v) is 21.9. The van der Waals surface area contributed by atoms with Crippen molar-refractivity contribution in [2.24, 2.45) is 0 Å². The summed E-state index contributed by atoms with van der Waals surface area (Å²) < 4.78 is 11.0. The number of pyridine rings is 1. The number of ether oxygens (including phenoxy) is 2. The van der Waals surface area contributed by atoms with E-state index in [2.05, 4.69) is 17.2 Å². The number of fused-ring (bicyclic) bond motifs is 2. The molecule has 7 heteroatoms. The van der Waals surface area contributed by atoms with Crippen LogP contribution in [0.3, 0.4) is 0 Å². The highest BCUT2D eigenvalue weighted by Gasteiger charge is 2.30. The van der Waals surface area contributed by atoms with Gasteiger partial charge in [0.25, 0.3) is 5.56 Å². The smallest absolute Gasteiger partial charge is 0.359 e. The maximum absolute atomic E-state index is 13.9. The molecule has 6 rings (SSSR count). The van der Waals surface area contributed by atoms with Crippen LogP contribution in [0.2, 0.25) is 0 Å². The minimum atomic E-state index is -0.831. The number of nitrogens with zero attached hydrogens (tertiary/aromatic N) is 2. The second-order valence-electron chi connectivity index (χ2n) is 9.58. The molecule has 0 atom stereocenters. The van der Waals surface area contributed by atoms with Crippen LogP contribution in [-0.4, -0.2) is 35.8 Å². The molecule has 0 aliphatic heterocycles. The fraction of sp³-hybridized carbons (Fsp3) is 0.125. The average Bonchev–Trinajstić information content (AvgIpc) is 3.35. The monoisotopic (exact) mass is 516 g/mol. The van der Waals surface area contributed by atoms with Crippen molar-refractivity contribution in [3.8, 4) is 22.3 Å². The van der Waals surface area contributed by atoms with E-state index in [4.69, 9.17) is 9.47 Å². The number of aromatic nitrogens is 2. The van der Waals surface area contributed by atoms with Gasteiger partial charge in [0.15, 0.2) is 5.69 Å². The number of rotatable bonds is 4. The van der Waals surface area contributed by atoms with Crippen LogP contribution in [0.5, 0.6) is 0 Å². The van der Waals surface area contributed by atoms with Gasteiger partial charge in [-0.05, 0) is 47.6 Å². The van der Waals surface area contributed by atoms with Crippen molar-refractivity contribution in [1.29, 1.82) is 0 Å². The average molecular weight is 517 g/mol. The van der Waals surface area contributed by atoms with Gasteiger partial charge in [-0.25, -0.2) is 9.59 Å². The van der Waals surface area contributed by atoms with Gasteiger partial charge in [-0.2, -0.15) is 9.61 Å². The predicted octanol–water partition coefficient (Wildman–Crippen LogP) is 5.96. The van der Waals surface area contributed by atoms with Crippen LogP contribution in [0, 0.1) is 13.8 Å². The van der Waals surface area contributed by atoms with Gasteiger partial charge in [-0.3, -0.25) is 4.79 Å².